The summed E-state index contributed by atoms with van der Waals surface area (Å²) >= 11 is 0. The van der Waals surface area contributed by atoms with Crippen LogP contribution < -0.4 is 4.74 Å². The molecule has 3 rings (SSSR count). The molecule has 1 fully saturated rings. The first-order valence-electron chi connectivity index (χ1n) is 7.15. The lowest BCUT2D eigenvalue weighted by Crippen LogP contribution is -2.60. The molecule has 10 nitrogen and oxygen atoms in total. The molecule has 10 heteroatoms. The molecule has 0 radical (unpaired) electrons. The van der Waals surface area contributed by atoms with Crippen LogP contribution in [0, 0.1) is 10.1 Å². The number of fused-ring (bicyclic) bond motifs is 1. The molecule has 1 aliphatic rings. The number of hydrogen-bond donors (Lipinski definition) is 5. The van der Waals surface area contributed by atoms with E-state index in [4.69, 9.17) is 14.6 Å². The van der Waals surface area contributed by atoms with E-state index in [0.29, 0.717) is 10.9 Å². The molecule has 0 bridgehead atoms. The number of hydrogen-bond acceptors (Lipinski definition) is 8. The van der Waals surface area contributed by atoms with E-state index < -0.39 is 42.2 Å². The SMILES string of the molecule is O=[N+]([O-])c1ccc2[nH]cc(O[C@@H]3O[C@H](CO)[C@H](O)[C@H](O)[C@H]3O)c2c1. The summed E-state index contributed by atoms with van der Waals surface area (Å²) < 4.78 is 10.7. The minimum atomic E-state index is -1.57. The molecule has 0 amide bonds. The molecule has 24 heavy (non-hydrogen) atoms. The first-order valence-corrected chi connectivity index (χ1v) is 7.15. The topological polar surface area (TPSA) is 158 Å². The van der Waals surface area contributed by atoms with Crippen molar-refractivity contribution in [3.63, 3.8) is 0 Å². The van der Waals surface area contributed by atoms with Crippen molar-refractivity contribution in [2.45, 2.75) is 30.7 Å². The Balaban J connectivity index is 1.88. The molecule has 0 spiro atoms. The van der Waals surface area contributed by atoms with Crippen LogP contribution in [0.1, 0.15) is 0 Å². The quantitative estimate of drug-likeness (QED) is 0.359. The predicted molar refractivity (Wildman–Crippen MR) is 79.3 cm³/mol. The van der Waals surface area contributed by atoms with Crippen molar-refractivity contribution in [3.05, 3.63) is 34.5 Å². The lowest BCUT2D eigenvalue weighted by Gasteiger charge is -2.39. The summed E-state index contributed by atoms with van der Waals surface area (Å²) in [7, 11) is 0. The maximum atomic E-state index is 10.9. The molecule has 0 saturated carbocycles. The van der Waals surface area contributed by atoms with E-state index in [9.17, 15) is 25.4 Å². The van der Waals surface area contributed by atoms with Gasteiger partial charge in [-0.1, -0.05) is 0 Å². The smallest absolute Gasteiger partial charge is 0.270 e. The number of aliphatic hydroxyl groups excluding tert-OH is 4. The van der Waals surface area contributed by atoms with Crippen molar-refractivity contribution in [1.82, 2.24) is 4.98 Å². The fourth-order valence-electron chi connectivity index (χ4n) is 2.58. The van der Waals surface area contributed by atoms with Gasteiger partial charge in [0.15, 0.2) is 0 Å². The maximum Gasteiger partial charge on any atom is 0.270 e. The molecule has 1 aliphatic heterocycles. The number of ether oxygens (including phenoxy) is 2. The highest BCUT2D eigenvalue weighted by molar-refractivity contribution is 5.88. The van der Waals surface area contributed by atoms with Gasteiger partial charge >= 0.3 is 0 Å². The van der Waals surface area contributed by atoms with Gasteiger partial charge in [0.2, 0.25) is 6.29 Å². The fraction of sp³-hybridized carbons (Fsp3) is 0.429. The number of nitrogens with one attached hydrogen (secondary N) is 1. The average Bonchev–Trinajstić information content (AvgIpc) is 2.97. The van der Waals surface area contributed by atoms with Crippen molar-refractivity contribution < 1.29 is 34.8 Å². The Hall–Kier alpha value is -2.24. The molecule has 130 valence electrons. The summed E-state index contributed by atoms with van der Waals surface area (Å²) in [5.74, 6) is 0.165. The standard InChI is InChI=1S/C14H16N2O8/c17-5-10-11(18)12(19)13(20)14(24-10)23-9-4-15-8-2-1-6(16(21)22)3-7(8)9/h1-4,10-15,17-20H,5H2/t10-,11+,12+,13-,14-/m1/s1. The molecule has 1 aromatic carbocycles. The maximum absolute atomic E-state index is 10.9. The van der Waals surface area contributed by atoms with Crippen LogP contribution in [-0.4, -0.2) is 67.6 Å². The van der Waals surface area contributed by atoms with Gasteiger partial charge in [-0.2, -0.15) is 0 Å². The summed E-state index contributed by atoms with van der Waals surface area (Å²) in [6.07, 6.45) is -5.66. The van der Waals surface area contributed by atoms with E-state index in [1.165, 1.54) is 24.4 Å². The molecule has 0 aliphatic carbocycles. The zero-order chi connectivity index (χ0) is 17.4. The van der Waals surface area contributed by atoms with Crippen LogP contribution in [0.5, 0.6) is 5.75 Å². The Morgan fingerprint density at radius 2 is 2.00 bits per heavy atom. The molecule has 2 aromatic rings. The van der Waals surface area contributed by atoms with Crippen LogP contribution in [0.2, 0.25) is 0 Å². The van der Waals surface area contributed by atoms with Gasteiger partial charge in [0, 0.05) is 29.2 Å². The number of aromatic amines is 1. The van der Waals surface area contributed by atoms with Crippen LogP contribution in [0.25, 0.3) is 10.9 Å². The second-order valence-electron chi connectivity index (χ2n) is 5.46. The van der Waals surface area contributed by atoms with E-state index >= 15 is 0 Å². The van der Waals surface area contributed by atoms with Gasteiger partial charge in [0.25, 0.3) is 5.69 Å². The van der Waals surface area contributed by atoms with Gasteiger partial charge in [-0.25, -0.2) is 0 Å². The third-order valence-corrected chi connectivity index (χ3v) is 3.93. The highest BCUT2D eigenvalue weighted by atomic mass is 16.7. The third kappa shape index (κ3) is 2.81. The predicted octanol–water partition coefficient (Wildman–Crippen LogP) is -0.745. The zero-order valence-corrected chi connectivity index (χ0v) is 12.3. The third-order valence-electron chi connectivity index (χ3n) is 3.93. The Bertz CT molecular complexity index is 745. The number of nitrogens with zero attached hydrogens (tertiary/aromatic N) is 1. The fourth-order valence-corrected chi connectivity index (χ4v) is 2.58. The number of non-ortho nitro benzene ring substituents is 1. The molecule has 5 atom stereocenters. The van der Waals surface area contributed by atoms with Gasteiger partial charge in [0.1, 0.15) is 30.2 Å². The molecule has 5 N–H and O–H groups in total. The van der Waals surface area contributed by atoms with E-state index in [-0.39, 0.29) is 11.4 Å². The number of nitro benzene ring substituents is 1. The lowest BCUT2D eigenvalue weighted by molar-refractivity contribution is -0.384. The van der Waals surface area contributed by atoms with Gasteiger partial charge in [-0.15, -0.1) is 0 Å². The van der Waals surface area contributed by atoms with Crippen molar-refractivity contribution >= 4 is 16.6 Å². The second-order valence-corrected chi connectivity index (χ2v) is 5.46. The number of aromatic nitrogens is 1. The number of benzene rings is 1. The second kappa shape index (κ2) is 6.34. The molecule has 1 aromatic heterocycles. The summed E-state index contributed by atoms with van der Waals surface area (Å²) in [6.45, 7) is -0.579. The highest BCUT2D eigenvalue weighted by Gasteiger charge is 2.44. The van der Waals surface area contributed by atoms with Gasteiger partial charge < -0.3 is 34.9 Å². The molecular weight excluding hydrogens is 324 g/mol. The summed E-state index contributed by atoms with van der Waals surface area (Å²) in [5.41, 5.74) is 0.431. The van der Waals surface area contributed by atoms with E-state index in [0.717, 1.165) is 0 Å². The first kappa shape index (κ1) is 16.6. The Morgan fingerprint density at radius 3 is 2.67 bits per heavy atom. The van der Waals surface area contributed by atoms with Gasteiger partial charge in [0.05, 0.1) is 11.5 Å². The Labute approximate surface area is 135 Å². The zero-order valence-electron chi connectivity index (χ0n) is 12.3. The van der Waals surface area contributed by atoms with E-state index in [1.54, 1.807) is 0 Å². The first-order chi connectivity index (χ1) is 11.4. The minimum Gasteiger partial charge on any atom is -0.460 e. The van der Waals surface area contributed by atoms with E-state index in [2.05, 4.69) is 4.98 Å². The summed E-state index contributed by atoms with van der Waals surface area (Å²) in [6, 6.07) is 4.13. The highest BCUT2D eigenvalue weighted by Crippen LogP contribution is 2.32. The summed E-state index contributed by atoms with van der Waals surface area (Å²) in [5, 5.41) is 49.9. The van der Waals surface area contributed by atoms with Crippen molar-refractivity contribution in [2.24, 2.45) is 0 Å². The number of nitro groups is 1. The minimum absolute atomic E-state index is 0.138. The lowest BCUT2D eigenvalue weighted by atomic mass is 9.99. The van der Waals surface area contributed by atoms with Crippen molar-refractivity contribution in [2.75, 3.05) is 6.61 Å². The largest absolute Gasteiger partial charge is 0.460 e. The Morgan fingerprint density at radius 1 is 1.25 bits per heavy atom. The van der Waals surface area contributed by atoms with Gasteiger partial charge in [-0.3, -0.25) is 10.1 Å². The molecule has 0 unspecified atom stereocenters. The average molecular weight is 340 g/mol. The number of H-pyrrole nitrogens is 1. The molecular formula is C14H16N2O8. The van der Waals surface area contributed by atoms with Crippen LogP contribution >= 0.6 is 0 Å². The van der Waals surface area contributed by atoms with Crippen molar-refractivity contribution in [3.8, 4) is 5.75 Å². The van der Waals surface area contributed by atoms with Crippen LogP contribution in [0.4, 0.5) is 5.69 Å². The van der Waals surface area contributed by atoms with Crippen LogP contribution in [0.15, 0.2) is 24.4 Å². The number of rotatable bonds is 4. The monoisotopic (exact) mass is 340 g/mol. The number of aliphatic hydroxyl groups is 4. The molecule has 2 heterocycles. The van der Waals surface area contributed by atoms with Crippen molar-refractivity contribution in [1.29, 1.82) is 0 Å². The van der Waals surface area contributed by atoms with Crippen LogP contribution in [0.3, 0.4) is 0 Å². The normalized spacial score (nSPS) is 30.4. The van der Waals surface area contributed by atoms with Gasteiger partial charge in [-0.05, 0) is 6.07 Å². The Kier molecular flexibility index (Phi) is 4.39. The summed E-state index contributed by atoms with van der Waals surface area (Å²) in [4.78, 5) is 13.2. The van der Waals surface area contributed by atoms with E-state index in [1.807, 2.05) is 0 Å². The molecule has 1 saturated heterocycles. The van der Waals surface area contributed by atoms with Crippen LogP contribution in [-0.2, 0) is 4.74 Å².